The van der Waals surface area contributed by atoms with Crippen molar-refractivity contribution < 1.29 is 9.18 Å². The third kappa shape index (κ3) is 3.71. The number of rotatable bonds is 4. The molecule has 1 amide bonds. The Bertz CT molecular complexity index is 837. The molecule has 3 rings (SSSR count). The molecule has 0 atom stereocenters. The molecule has 1 saturated heterocycles. The lowest BCUT2D eigenvalue weighted by atomic mass is 10.1. The molecule has 1 fully saturated rings. The number of nitriles is 1. The van der Waals surface area contributed by atoms with Gasteiger partial charge in [-0.15, -0.1) is 0 Å². The van der Waals surface area contributed by atoms with Crippen molar-refractivity contribution in [2.24, 2.45) is 0 Å². The van der Waals surface area contributed by atoms with Crippen LogP contribution < -0.4 is 5.32 Å². The van der Waals surface area contributed by atoms with Crippen molar-refractivity contribution in [1.82, 2.24) is 9.88 Å². The van der Waals surface area contributed by atoms with Crippen LogP contribution in [0.1, 0.15) is 36.8 Å². The zero-order chi connectivity index (χ0) is 17.8. The number of pyridine rings is 1. The standard InChI is InChI=1S/C19H21FN4O/c1-13-9-15(20)10-16-18(13)23-12-14(11-21)19(16)22-6-5-17(25)24-7-3-2-4-8-24/h9-10,12H,2-8H2,1H3,(H,22,23). The van der Waals surface area contributed by atoms with Crippen molar-refractivity contribution in [3.8, 4) is 6.07 Å². The summed E-state index contributed by atoms with van der Waals surface area (Å²) in [6.45, 7) is 3.84. The minimum atomic E-state index is -0.366. The highest BCUT2D eigenvalue weighted by molar-refractivity contribution is 5.95. The van der Waals surface area contributed by atoms with Gasteiger partial charge in [-0.25, -0.2) is 4.39 Å². The number of hydrogen-bond donors (Lipinski definition) is 1. The fourth-order valence-corrected chi connectivity index (χ4v) is 3.31. The summed E-state index contributed by atoms with van der Waals surface area (Å²) in [6, 6.07) is 4.89. The van der Waals surface area contributed by atoms with E-state index in [2.05, 4.69) is 16.4 Å². The van der Waals surface area contributed by atoms with Gasteiger partial charge in [0.1, 0.15) is 11.9 Å². The number of aromatic nitrogens is 1. The van der Waals surface area contributed by atoms with Gasteiger partial charge in [0.15, 0.2) is 0 Å². The van der Waals surface area contributed by atoms with Gasteiger partial charge in [-0.1, -0.05) is 0 Å². The van der Waals surface area contributed by atoms with E-state index in [9.17, 15) is 14.4 Å². The van der Waals surface area contributed by atoms with E-state index in [1.807, 2.05) is 4.90 Å². The average molecular weight is 340 g/mol. The molecule has 1 aromatic carbocycles. The van der Waals surface area contributed by atoms with Crippen LogP contribution in [0.25, 0.3) is 10.9 Å². The number of likely N-dealkylation sites (tertiary alicyclic amines) is 1. The summed E-state index contributed by atoms with van der Waals surface area (Å²) < 4.78 is 13.8. The number of amides is 1. The first kappa shape index (κ1) is 17.2. The lowest BCUT2D eigenvalue weighted by Crippen LogP contribution is -2.36. The van der Waals surface area contributed by atoms with E-state index >= 15 is 0 Å². The van der Waals surface area contributed by atoms with Gasteiger partial charge in [0, 0.05) is 37.6 Å². The number of carbonyl (C=O) groups is 1. The molecule has 0 radical (unpaired) electrons. The molecule has 2 heterocycles. The summed E-state index contributed by atoms with van der Waals surface area (Å²) in [6.07, 6.45) is 5.14. The van der Waals surface area contributed by atoms with Gasteiger partial charge in [0.05, 0.1) is 16.8 Å². The molecule has 2 aromatic rings. The molecule has 1 aromatic heterocycles. The molecular weight excluding hydrogens is 319 g/mol. The predicted octanol–water partition coefficient (Wildman–Crippen LogP) is 3.37. The maximum atomic E-state index is 13.8. The minimum absolute atomic E-state index is 0.117. The number of benzene rings is 1. The number of nitrogens with one attached hydrogen (secondary N) is 1. The van der Waals surface area contributed by atoms with Crippen molar-refractivity contribution in [2.75, 3.05) is 25.0 Å². The summed E-state index contributed by atoms with van der Waals surface area (Å²) in [7, 11) is 0. The van der Waals surface area contributed by atoms with Crippen molar-refractivity contribution >= 4 is 22.5 Å². The fraction of sp³-hybridized carbons (Fsp3) is 0.421. The van der Waals surface area contributed by atoms with Crippen LogP contribution in [-0.4, -0.2) is 35.4 Å². The van der Waals surface area contributed by atoms with Gasteiger partial charge in [-0.2, -0.15) is 5.26 Å². The molecule has 130 valence electrons. The predicted molar refractivity (Wildman–Crippen MR) is 94.7 cm³/mol. The van der Waals surface area contributed by atoms with E-state index in [0.29, 0.717) is 40.7 Å². The quantitative estimate of drug-likeness (QED) is 0.926. The molecule has 5 nitrogen and oxygen atoms in total. The Morgan fingerprint density at radius 1 is 1.36 bits per heavy atom. The first-order chi connectivity index (χ1) is 12.1. The van der Waals surface area contributed by atoms with Gasteiger partial charge in [-0.3, -0.25) is 9.78 Å². The molecule has 1 aliphatic heterocycles. The van der Waals surface area contributed by atoms with E-state index in [0.717, 1.165) is 25.9 Å². The summed E-state index contributed by atoms with van der Waals surface area (Å²) >= 11 is 0. The van der Waals surface area contributed by atoms with Crippen molar-refractivity contribution in [1.29, 1.82) is 5.26 Å². The highest BCUT2D eigenvalue weighted by atomic mass is 19.1. The molecule has 1 aliphatic rings. The number of halogens is 1. The lowest BCUT2D eigenvalue weighted by Gasteiger charge is -2.26. The summed E-state index contributed by atoms with van der Waals surface area (Å²) in [5, 5.41) is 13.1. The molecule has 1 N–H and O–H groups in total. The Kier molecular flexibility index (Phi) is 5.13. The van der Waals surface area contributed by atoms with Crippen LogP contribution in [0.5, 0.6) is 0 Å². The number of carbonyl (C=O) groups excluding carboxylic acids is 1. The molecule has 6 heteroatoms. The summed E-state index contributed by atoms with van der Waals surface area (Å²) in [5.41, 5.74) is 2.27. The zero-order valence-corrected chi connectivity index (χ0v) is 14.3. The van der Waals surface area contributed by atoms with Crippen LogP contribution in [0.4, 0.5) is 10.1 Å². The number of aryl methyl sites for hydroxylation is 1. The van der Waals surface area contributed by atoms with E-state index in [1.165, 1.54) is 24.8 Å². The zero-order valence-electron chi connectivity index (χ0n) is 14.3. The third-order valence-corrected chi connectivity index (χ3v) is 4.60. The largest absolute Gasteiger partial charge is 0.383 e. The molecule has 0 unspecified atom stereocenters. The monoisotopic (exact) mass is 340 g/mol. The highest BCUT2D eigenvalue weighted by Crippen LogP contribution is 2.28. The summed E-state index contributed by atoms with van der Waals surface area (Å²) in [4.78, 5) is 18.4. The normalized spacial score (nSPS) is 14.4. The molecular formula is C19H21FN4O. The Morgan fingerprint density at radius 3 is 2.84 bits per heavy atom. The highest BCUT2D eigenvalue weighted by Gasteiger charge is 2.17. The second-order valence-corrected chi connectivity index (χ2v) is 6.40. The first-order valence-electron chi connectivity index (χ1n) is 8.61. The fourth-order valence-electron chi connectivity index (χ4n) is 3.31. The first-order valence-corrected chi connectivity index (χ1v) is 8.61. The van der Waals surface area contributed by atoms with E-state index < -0.39 is 0 Å². The van der Waals surface area contributed by atoms with E-state index in [4.69, 9.17) is 0 Å². The molecule has 0 aliphatic carbocycles. The molecule has 0 spiro atoms. The lowest BCUT2D eigenvalue weighted by molar-refractivity contribution is -0.131. The van der Waals surface area contributed by atoms with Crippen LogP contribution >= 0.6 is 0 Å². The second-order valence-electron chi connectivity index (χ2n) is 6.40. The van der Waals surface area contributed by atoms with Crippen molar-refractivity contribution in [3.63, 3.8) is 0 Å². The molecule has 0 saturated carbocycles. The van der Waals surface area contributed by atoms with E-state index in [-0.39, 0.29) is 11.7 Å². The second kappa shape index (κ2) is 7.47. The van der Waals surface area contributed by atoms with Gasteiger partial charge >= 0.3 is 0 Å². The molecule has 0 bridgehead atoms. The maximum Gasteiger partial charge on any atom is 0.224 e. The smallest absolute Gasteiger partial charge is 0.224 e. The van der Waals surface area contributed by atoms with E-state index in [1.54, 1.807) is 6.92 Å². The molecule has 25 heavy (non-hydrogen) atoms. The van der Waals surface area contributed by atoms with Crippen LogP contribution in [0.2, 0.25) is 0 Å². The van der Waals surface area contributed by atoms with Crippen LogP contribution in [-0.2, 0) is 4.79 Å². The van der Waals surface area contributed by atoms with Gasteiger partial charge in [-0.05, 0) is 43.9 Å². The maximum absolute atomic E-state index is 13.8. The van der Waals surface area contributed by atoms with Crippen LogP contribution in [0.3, 0.4) is 0 Å². The Morgan fingerprint density at radius 2 is 2.12 bits per heavy atom. The van der Waals surface area contributed by atoms with Gasteiger partial charge in [0.2, 0.25) is 5.91 Å². The number of hydrogen-bond acceptors (Lipinski definition) is 4. The van der Waals surface area contributed by atoms with Crippen molar-refractivity contribution in [3.05, 3.63) is 35.3 Å². The average Bonchev–Trinajstić information content (AvgIpc) is 2.62. The van der Waals surface area contributed by atoms with Gasteiger partial charge in [0.25, 0.3) is 0 Å². The third-order valence-electron chi connectivity index (χ3n) is 4.60. The number of anilines is 1. The SMILES string of the molecule is Cc1cc(F)cc2c(NCCC(=O)N3CCCCC3)c(C#N)cnc12. The Hall–Kier alpha value is -2.68. The Balaban J connectivity index is 1.78. The van der Waals surface area contributed by atoms with Crippen LogP contribution in [0, 0.1) is 24.1 Å². The van der Waals surface area contributed by atoms with Gasteiger partial charge < -0.3 is 10.2 Å². The Labute approximate surface area is 146 Å². The number of fused-ring (bicyclic) bond motifs is 1. The van der Waals surface area contributed by atoms with Crippen molar-refractivity contribution in [2.45, 2.75) is 32.6 Å². The topological polar surface area (TPSA) is 69.0 Å². The summed E-state index contributed by atoms with van der Waals surface area (Å²) in [5.74, 6) is -0.249. The minimum Gasteiger partial charge on any atom is -0.383 e. The number of piperidine rings is 1. The number of nitrogens with zero attached hydrogens (tertiary/aromatic N) is 3. The van der Waals surface area contributed by atoms with Crippen LogP contribution in [0.15, 0.2) is 18.3 Å².